The number of anilines is 3. The second-order valence-electron chi connectivity index (χ2n) is 17.3. The second-order valence-corrected chi connectivity index (χ2v) is 17.3. The summed E-state index contributed by atoms with van der Waals surface area (Å²) >= 11 is 0. The van der Waals surface area contributed by atoms with Crippen molar-refractivity contribution in [3.63, 3.8) is 0 Å². The lowest BCUT2D eigenvalue weighted by atomic mass is 9.85. The Labute approximate surface area is 383 Å². The number of hydrogen-bond donors (Lipinski definition) is 0. The Morgan fingerprint density at radius 2 is 0.727 bits per heavy atom. The Hall–Kier alpha value is -8.72. The van der Waals surface area contributed by atoms with Crippen molar-refractivity contribution < 1.29 is 0 Å². The van der Waals surface area contributed by atoms with Crippen LogP contribution in [0.4, 0.5) is 17.1 Å². The maximum atomic E-state index is 2.44. The maximum Gasteiger partial charge on any atom is 0.0542 e. The van der Waals surface area contributed by atoms with Crippen LogP contribution >= 0.6 is 0 Å². The van der Waals surface area contributed by atoms with Crippen molar-refractivity contribution in [1.29, 1.82) is 0 Å². The largest absolute Gasteiger partial charge is 0.310 e. The van der Waals surface area contributed by atoms with Gasteiger partial charge in [-0.1, -0.05) is 188 Å². The van der Waals surface area contributed by atoms with Crippen LogP contribution in [0.3, 0.4) is 0 Å². The van der Waals surface area contributed by atoms with Gasteiger partial charge in [-0.15, -0.1) is 0 Å². The summed E-state index contributed by atoms with van der Waals surface area (Å²) in [5.41, 5.74) is 14.0. The molecular weight excluding hydrogens is 797 g/mol. The zero-order valence-electron chi connectivity index (χ0n) is 36.1. The molecule has 0 saturated heterocycles. The fraction of sp³-hybridized carbons (Fsp3) is 0. The Morgan fingerprint density at radius 3 is 1.44 bits per heavy atom. The van der Waals surface area contributed by atoms with Crippen LogP contribution in [0, 0.1) is 0 Å². The van der Waals surface area contributed by atoms with E-state index in [-0.39, 0.29) is 0 Å². The van der Waals surface area contributed by atoms with Crippen LogP contribution < -0.4 is 4.90 Å². The van der Waals surface area contributed by atoms with E-state index in [1.54, 1.807) is 0 Å². The first-order valence-corrected chi connectivity index (χ1v) is 22.7. The van der Waals surface area contributed by atoms with Gasteiger partial charge in [0.25, 0.3) is 0 Å². The van der Waals surface area contributed by atoms with Gasteiger partial charge in [-0.3, -0.25) is 0 Å². The average Bonchev–Trinajstić information content (AvgIpc) is 3.72. The first-order valence-electron chi connectivity index (χ1n) is 22.7. The lowest BCUT2D eigenvalue weighted by Gasteiger charge is -2.27. The zero-order chi connectivity index (χ0) is 43.6. The molecule has 0 radical (unpaired) electrons. The molecule has 0 amide bonds. The molecule has 0 aliphatic rings. The van der Waals surface area contributed by atoms with Crippen LogP contribution in [0.2, 0.25) is 0 Å². The maximum absolute atomic E-state index is 2.44. The minimum absolute atomic E-state index is 1.09. The normalized spacial score (nSPS) is 11.6. The van der Waals surface area contributed by atoms with Crippen LogP contribution in [0.25, 0.3) is 104 Å². The molecule has 0 bridgehead atoms. The van der Waals surface area contributed by atoms with Gasteiger partial charge in [-0.05, 0) is 143 Å². The van der Waals surface area contributed by atoms with E-state index in [0.29, 0.717) is 0 Å². The van der Waals surface area contributed by atoms with E-state index < -0.39 is 0 Å². The molecule has 0 atom stereocenters. The summed E-state index contributed by atoms with van der Waals surface area (Å²) in [5, 5.41) is 12.3. The lowest BCUT2D eigenvalue weighted by molar-refractivity contribution is 1.18. The van der Waals surface area contributed by atoms with Crippen molar-refractivity contribution in [3.8, 4) is 39.1 Å². The molecule has 0 aliphatic heterocycles. The molecule has 0 fully saturated rings. The summed E-state index contributed by atoms with van der Waals surface area (Å²) in [6.45, 7) is 0. The van der Waals surface area contributed by atoms with Gasteiger partial charge in [0, 0.05) is 33.5 Å². The standard InChI is InChI=1S/C64H42N2/c1-3-17-46(18-4-1)63-58-25-12-11-23-55(58)56-37-35-53(42-60(56)64(63)47-19-5-2-6-20-47)65(51-32-29-45(30-33-51)50-28-27-43-15-7-9-21-48(43)39-50)54-36-38-62-59(41-54)57-24-13-14-26-61(57)66(62)52-34-31-44-16-8-10-22-49(44)40-52/h1-42H. The third-order valence-corrected chi connectivity index (χ3v) is 13.5. The Morgan fingerprint density at radius 1 is 0.242 bits per heavy atom. The number of fused-ring (bicyclic) bond motifs is 8. The number of para-hydroxylation sites is 1. The van der Waals surface area contributed by atoms with Gasteiger partial charge in [0.15, 0.2) is 0 Å². The summed E-state index contributed by atoms with van der Waals surface area (Å²) < 4.78 is 2.42. The van der Waals surface area contributed by atoms with Gasteiger partial charge in [0.2, 0.25) is 0 Å². The smallest absolute Gasteiger partial charge is 0.0542 e. The van der Waals surface area contributed by atoms with Gasteiger partial charge in [-0.25, -0.2) is 0 Å². The summed E-state index contributed by atoms with van der Waals surface area (Å²) in [7, 11) is 0. The number of rotatable bonds is 7. The van der Waals surface area contributed by atoms with Crippen molar-refractivity contribution in [3.05, 3.63) is 255 Å². The first-order chi connectivity index (χ1) is 32.7. The molecule has 0 spiro atoms. The summed E-state index contributed by atoms with van der Waals surface area (Å²) in [4.78, 5) is 2.44. The molecule has 0 aliphatic carbocycles. The molecule has 308 valence electrons. The topological polar surface area (TPSA) is 8.17 Å². The van der Waals surface area contributed by atoms with Crippen molar-refractivity contribution in [2.24, 2.45) is 0 Å². The molecule has 66 heavy (non-hydrogen) atoms. The van der Waals surface area contributed by atoms with E-state index >= 15 is 0 Å². The van der Waals surface area contributed by atoms with E-state index in [2.05, 4.69) is 264 Å². The van der Waals surface area contributed by atoms with E-state index in [0.717, 1.165) is 22.7 Å². The molecule has 12 aromatic carbocycles. The van der Waals surface area contributed by atoms with E-state index in [9.17, 15) is 0 Å². The second kappa shape index (κ2) is 15.5. The third kappa shape index (κ3) is 6.26. The first kappa shape index (κ1) is 37.8. The fourth-order valence-corrected chi connectivity index (χ4v) is 10.4. The molecular formula is C64H42N2. The Balaban J connectivity index is 1.05. The van der Waals surface area contributed by atoms with Crippen molar-refractivity contribution in [1.82, 2.24) is 4.57 Å². The fourth-order valence-electron chi connectivity index (χ4n) is 10.4. The molecule has 1 aromatic heterocycles. The summed E-state index contributed by atoms with van der Waals surface area (Å²) in [5.74, 6) is 0. The van der Waals surface area contributed by atoms with Crippen molar-refractivity contribution in [2.45, 2.75) is 0 Å². The van der Waals surface area contributed by atoms with Gasteiger partial charge >= 0.3 is 0 Å². The monoisotopic (exact) mass is 838 g/mol. The van der Waals surface area contributed by atoms with Crippen molar-refractivity contribution >= 4 is 82.0 Å². The highest BCUT2D eigenvalue weighted by Crippen LogP contribution is 2.47. The van der Waals surface area contributed by atoms with E-state index in [1.807, 2.05) is 0 Å². The molecule has 0 N–H and O–H groups in total. The molecule has 1 heterocycles. The third-order valence-electron chi connectivity index (χ3n) is 13.5. The van der Waals surface area contributed by atoms with Crippen LogP contribution in [0.1, 0.15) is 0 Å². The molecule has 2 heteroatoms. The minimum Gasteiger partial charge on any atom is -0.310 e. The summed E-state index contributed by atoms with van der Waals surface area (Å²) in [6, 6.07) is 93.5. The Kier molecular flexibility index (Phi) is 8.89. The van der Waals surface area contributed by atoms with E-state index in [4.69, 9.17) is 0 Å². The molecule has 13 aromatic rings. The number of nitrogens with zero attached hydrogens (tertiary/aromatic N) is 2. The molecule has 2 nitrogen and oxygen atoms in total. The van der Waals surface area contributed by atoms with Gasteiger partial charge in [-0.2, -0.15) is 0 Å². The average molecular weight is 839 g/mol. The van der Waals surface area contributed by atoms with Crippen LogP contribution in [-0.2, 0) is 0 Å². The molecule has 0 unspecified atom stereocenters. The SMILES string of the molecule is c1ccc(-c2c(-c3ccccc3)c3cc(N(c4ccc(-c5ccc6ccccc6c5)cc4)c4ccc5c(c4)c4ccccc4n5-c4ccc5ccccc5c4)ccc3c3ccccc23)cc1. The highest BCUT2D eigenvalue weighted by atomic mass is 15.1. The van der Waals surface area contributed by atoms with Crippen molar-refractivity contribution in [2.75, 3.05) is 4.90 Å². The predicted molar refractivity (Wildman–Crippen MR) is 282 cm³/mol. The van der Waals surface area contributed by atoms with Crippen LogP contribution in [0.15, 0.2) is 255 Å². The van der Waals surface area contributed by atoms with Gasteiger partial charge in [0.05, 0.1) is 11.0 Å². The van der Waals surface area contributed by atoms with Gasteiger partial charge in [0.1, 0.15) is 0 Å². The lowest BCUT2D eigenvalue weighted by Crippen LogP contribution is -2.10. The highest BCUT2D eigenvalue weighted by Gasteiger charge is 2.22. The predicted octanol–water partition coefficient (Wildman–Crippen LogP) is 17.9. The number of aromatic nitrogens is 1. The van der Waals surface area contributed by atoms with Gasteiger partial charge < -0.3 is 9.47 Å². The Bertz CT molecular complexity index is 3980. The van der Waals surface area contributed by atoms with E-state index in [1.165, 1.54) is 98.3 Å². The molecule has 13 rings (SSSR count). The zero-order valence-corrected chi connectivity index (χ0v) is 36.1. The van der Waals surface area contributed by atoms with Crippen LogP contribution in [-0.4, -0.2) is 4.57 Å². The molecule has 0 saturated carbocycles. The number of benzene rings is 12. The van der Waals surface area contributed by atoms with Crippen LogP contribution in [0.5, 0.6) is 0 Å². The number of hydrogen-bond acceptors (Lipinski definition) is 1. The minimum atomic E-state index is 1.09. The summed E-state index contributed by atoms with van der Waals surface area (Å²) in [6.07, 6.45) is 0. The highest BCUT2D eigenvalue weighted by molar-refractivity contribution is 6.22. The quantitative estimate of drug-likeness (QED) is 0.145.